The van der Waals surface area contributed by atoms with Crippen LogP contribution in [0.3, 0.4) is 0 Å². The molecule has 0 spiro atoms. The Kier molecular flexibility index (Phi) is 4.17. The maximum absolute atomic E-state index is 13.8. The van der Waals surface area contributed by atoms with Crippen molar-refractivity contribution in [3.05, 3.63) is 33.0 Å². The fraction of sp³-hybridized carbons (Fsp3) is 0.417. The van der Waals surface area contributed by atoms with Gasteiger partial charge in [-0.2, -0.15) is 0 Å². The molecule has 1 unspecified atom stereocenters. The van der Waals surface area contributed by atoms with Crippen LogP contribution in [-0.4, -0.2) is 18.9 Å². The Hall–Kier alpha value is -0.450. The van der Waals surface area contributed by atoms with Gasteiger partial charge in [-0.05, 0) is 53.5 Å². The Morgan fingerprint density at radius 1 is 1.59 bits per heavy atom. The summed E-state index contributed by atoms with van der Waals surface area (Å²) in [6, 6.07) is 3.08. The normalized spacial score (nSPS) is 19.6. The predicted octanol–water partition coefficient (Wildman–Crippen LogP) is 3.42. The molecule has 2 rings (SSSR count). The van der Waals surface area contributed by atoms with Gasteiger partial charge >= 0.3 is 0 Å². The highest BCUT2D eigenvalue weighted by atomic mass is 79.9. The van der Waals surface area contributed by atoms with Crippen LogP contribution >= 0.6 is 27.5 Å². The van der Waals surface area contributed by atoms with Gasteiger partial charge in [-0.1, -0.05) is 11.6 Å². The average molecular weight is 321 g/mol. The van der Waals surface area contributed by atoms with Gasteiger partial charge < -0.3 is 5.32 Å². The van der Waals surface area contributed by atoms with Crippen LogP contribution < -0.4 is 5.32 Å². The lowest BCUT2D eigenvalue weighted by molar-refractivity contribution is 0.0960. The largest absolute Gasteiger partial charge is 0.316 e. The zero-order valence-electron chi connectivity index (χ0n) is 9.10. The molecule has 1 fully saturated rings. The lowest BCUT2D eigenvalue weighted by Gasteiger charge is -2.09. The van der Waals surface area contributed by atoms with E-state index in [9.17, 15) is 9.18 Å². The van der Waals surface area contributed by atoms with Crippen LogP contribution in [0.2, 0.25) is 5.02 Å². The zero-order valence-corrected chi connectivity index (χ0v) is 11.4. The first-order valence-corrected chi connectivity index (χ1v) is 6.64. The quantitative estimate of drug-likeness (QED) is 0.683. The summed E-state index contributed by atoms with van der Waals surface area (Å²) in [5.74, 6) is -0.494. The van der Waals surface area contributed by atoms with Crippen molar-refractivity contribution in [2.24, 2.45) is 5.92 Å². The Morgan fingerprint density at radius 2 is 2.35 bits per heavy atom. The number of benzene rings is 1. The van der Waals surface area contributed by atoms with Crippen molar-refractivity contribution in [1.82, 2.24) is 5.32 Å². The molecule has 0 bridgehead atoms. The number of carbonyl (C=O) groups excluding carboxylic acids is 1. The van der Waals surface area contributed by atoms with E-state index >= 15 is 0 Å². The Labute approximate surface area is 113 Å². The van der Waals surface area contributed by atoms with Crippen molar-refractivity contribution < 1.29 is 9.18 Å². The third-order valence-corrected chi connectivity index (χ3v) is 4.23. The van der Waals surface area contributed by atoms with Gasteiger partial charge in [0.1, 0.15) is 0 Å². The van der Waals surface area contributed by atoms with Crippen LogP contribution in [0.25, 0.3) is 0 Å². The van der Waals surface area contributed by atoms with Crippen LogP contribution in [0.15, 0.2) is 16.6 Å². The highest BCUT2D eigenvalue weighted by molar-refractivity contribution is 9.10. The highest BCUT2D eigenvalue weighted by Crippen LogP contribution is 2.29. The van der Waals surface area contributed by atoms with Crippen LogP contribution in [0.4, 0.5) is 4.39 Å². The van der Waals surface area contributed by atoms with E-state index in [4.69, 9.17) is 11.6 Å². The van der Waals surface area contributed by atoms with Gasteiger partial charge in [0.15, 0.2) is 11.6 Å². The number of Topliss-reactive ketones (excluding diaryl/α,β-unsaturated/α-hetero) is 1. The van der Waals surface area contributed by atoms with Gasteiger partial charge in [-0.25, -0.2) is 4.39 Å². The van der Waals surface area contributed by atoms with E-state index in [1.807, 2.05) is 0 Å². The summed E-state index contributed by atoms with van der Waals surface area (Å²) in [7, 11) is 0. The van der Waals surface area contributed by atoms with Gasteiger partial charge in [-0.15, -0.1) is 0 Å². The van der Waals surface area contributed by atoms with E-state index in [0.29, 0.717) is 16.8 Å². The summed E-state index contributed by atoms with van der Waals surface area (Å²) >= 11 is 8.88. The number of hydrogen-bond acceptors (Lipinski definition) is 2. The molecule has 2 nitrogen and oxygen atoms in total. The molecule has 17 heavy (non-hydrogen) atoms. The Balaban J connectivity index is 2.16. The first-order valence-electron chi connectivity index (χ1n) is 5.47. The van der Waals surface area contributed by atoms with Crippen molar-refractivity contribution in [2.75, 3.05) is 13.1 Å². The number of nitrogens with one attached hydrogen (secondary N) is 1. The number of rotatable bonds is 3. The number of halogens is 3. The Morgan fingerprint density at radius 3 is 3.00 bits per heavy atom. The van der Waals surface area contributed by atoms with E-state index in [1.165, 1.54) is 6.07 Å². The van der Waals surface area contributed by atoms with E-state index in [1.54, 1.807) is 6.07 Å². The second-order valence-corrected chi connectivity index (χ2v) is 5.44. The summed E-state index contributed by atoms with van der Waals surface area (Å²) in [5, 5.41) is 3.16. The van der Waals surface area contributed by atoms with Gasteiger partial charge in [-0.3, -0.25) is 4.79 Å². The molecule has 0 radical (unpaired) electrons. The molecule has 5 heteroatoms. The lowest BCUT2D eigenvalue weighted by atomic mass is 9.97. The van der Waals surface area contributed by atoms with Crippen molar-refractivity contribution in [3.8, 4) is 0 Å². The summed E-state index contributed by atoms with van der Waals surface area (Å²) in [6.45, 7) is 1.76. The molecule has 1 saturated heterocycles. The lowest BCUT2D eigenvalue weighted by Crippen LogP contribution is -2.13. The summed E-state index contributed by atoms with van der Waals surface area (Å²) < 4.78 is 14.3. The van der Waals surface area contributed by atoms with Crippen LogP contribution in [-0.2, 0) is 0 Å². The second-order valence-electron chi connectivity index (χ2n) is 4.21. The number of carbonyl (C=O) groups is 1. The topological polar surface area (TPSA) is 29.1 Å². The molecular formula is C12H12BrClFNO. The minimum absolute atomic E-state index is 0.0274. The third-order valence-electron chi connectivity index (χ3n) is 2.97. The standard InChI is InChI=1S/C12H12BrClFNO/c13-9-2-1-8(12(15)11(9)14)10(17)5-7-3-4-16-6-7/h1-2,7,16H,3-6H2. The maximum atomic E-state index is 13.8. The fourth-order valence-corrected chi connectivity index (χ4v) is 2.47. The smallest absolute Gasteiger partial charge is 0.166 e. The monoisotopic (exact) mass is 319 g/mol. The fourth-order valence-electron chi connectivity index (χ4n) is 2.00. The van der Waals surface area contributed by atoms with Crippen LogP contribution in [0, 0.1) is 11.7 Å². The van der Waals surface area contributed by atoms with E-state index < -0.39 is 5.82 Å². The molecule has 1 N–H and O–H groups in total. The molecular weight excluding hydrogens is 308 g/mol. The molecule has 0 amide bonds. The summed E-state index contributed by atoms with van der Waals surface area (Å²) in [4.78, 5) is 11.9. The molecule has 0 aliphatic carbocycles. The first-order chi connectivity index (χ1) is 8.09. The first kappa shape index (κ1) is 13.0. The van der Waals surface area contributed by atoms with Crippen LogP contribution in [0.1, 0.15) is 23.2 Å². The van der Waals surface area contributed by atoms with Crippen molar-refractivity contribution in [1.29, 1.82) is 0 Å². The van der Waals surface area contributed by atoms with E-state index in [2.05, 4.69) is 21.2 Å². The SMILES string of the molecule is O=C(CC1CCNC1)c1ccc(Br)c(Cl)c1F. The summed E-state index contributed by atoms with van der Waals surface area (Å²) in [6.07, 6.45) is 1.35. The molecule has 0 saturated carbocycles. The minimum Gasteiger partial charge on any atom is -0.316 e. The Bertz CT molecular complexity index is 446. The summed E-state index contributed by atoms with van der Waals surface area (Å²) in [5.41, 5.74) is 0.0881. The highest BCUT2D eigenvalue weighted by Gasteiger charge is 2.22. The molecule has 1 atom stereocenters. The van der Waals surface area contributed by atoms with Crippen molar-refractivity contribution in [3.63, 3.8) is 0 Å². The van der Waals surface area contributed by atoms with Crippen molar-refractivity contribution >= 4 is 33.3 Å². The van der Waals surface area contributed by atoms with Crippen molar-refractivity contribution in [2.45, 2.75) is 12.8 Å². The third kappa shape index (κ3) is 2.87. The zero-order chi connectivity index (χ0) is 12.4. The molecule has 1 aromatic rings. The molecule has 1 aliphatic heterocycles. The molecule has 1 aliphatic rings. The predicted molar refractivity (Wildman–Crippen MR) is 69.0 cm³/mol. The van der Waals surface area contributed by atoms with Gasteiger partial charge in [0.05, 0.1) is 10.6 Å². The van der Waals surface area contributed by atoms with Gasteiger partial charge in [0.2, 0.25) is 0 Å². The molecule has 92 valence electrons. The number of ketones is 1. The van der Waals surface area contributed by atoms with E-state index in [0.717, 1.165) is 19.5 Å². The second kappa shape index (κ2) is 5.46. The minimum atomic E-state index is -0.628. The van der Waals surface area contributed by atoms with Gasteiger partial charge in [0.25, 0.3) is 0 Å². The molecule has 0 aromatic heterocycles. The number of hydrogen-bond donors (Lipinski definition) is 1. The van der Waals surface area contributed by atoms with E-state index in [-0.39, 0.29) is 16.4 Å². The van der Waals surface area contributed by atoms with Gasteiger partial charge in [0, 0.05) is 10.9 Å². The average Bonchev–Trinajstić information content (AvgIpc) is 2.78. The van der Waals surface area contributed by atoms with Crippen LogP contribution in [0.5, 0.6) is 0 Å². The molecule has 1 aromatic carbocycles. The molecule has 1 heterocycles. The maximum Gasteiger partial charge on any atom is 0.166 e.